The molecule has 0 fully saturated rings. The van der Waals surface area contributed by atoms with Crippen LogP contribution in [-0.4, -0.2) is 18.3 Å². The predicted molar refractivity (Wildman–Crippen MR) is 112 cm³/mol. The normalized spacial score (nSPS) is 11.2. The van der Waals surface area contributed by atoms with Crippen LogP contribution < -0.4 is 5.32 Å². The highest BCUT2D eigenvalue weighted by molar-refractivity contribution is 6.05. The topological polar surface area (TPSA) is 53.8 Å². The molecule has 0 saturated heterocycles. The van der Waals surface area contributed by atoms with Gasteiger partial charge >= 0.3 is 0 Å². The second kappa shape index (κ2) is 8.72. The SMILES string of the molecule is Cc1ccc(NC(=O)c2cccc(C=NN=Cc3cccc(C)c3)c2)cc1. The molecule has 0 unspecified atom stereocenters. The van der Waals surface area contributed by atoms with Crippen molar-refractivity contribution in [2.45, 2.75) is 13.8 Å². The summed E-state index contributed by atoms with van der Waals surface area (Å²) in [5.74, 6) is -0.155. The summed E-state index contributed by atoms with van der Waals surface area (Å²) in [7, 11) is 0. The Kier molecular flexibility index (Phi) is 5.90. The van der Waals surface area contributed by atoms with Gasteiger partial charge in [-0.25, -0.2) is 0 Å². The summed E-state index contributed by atoms with van der Waals surface area (Å²) in [6.45, 7) is 4.05. The van der Waals surface area contributed by atoms with Crippen molar-refractivity contribution in [2.24, 2.45) is 10.2 Å². The summed E-state index contributed by atoms with van der Waals surface area (Å²) in [5.41, 5.74) is 5.48. The van der Waals surface area contributed by atoms with Gasteiger partial charge < -0.3 is 5.32 Å². The quantitative estimate of drug-likeness (QED) is 0.508. The molecular formula is C23H21N3O. The second-order valence-electron chi connectivity index (χ2n) is 6.35. The Morgan fingerprint density at radius 3 is 2.07 bits per heavy atom. The van der Waals surface area contributed by atoms with E-state index in [-0.39, 0.29) is 5.91 Å². The number of amides is 1. The van der Waals surface area contributed by atoms with Gasteiger partial charge in [-0.2, -0.15) is 10.2 Å². The first kappa shape index (κ1) is 18.3. The van der Waals surface area contributed by atoms with Crippen LogP contribution in [0.5, 0.6) is 0 Å². The van der Waals surface area contributed by atoms with Gasteiger partial charge in [0.25, 0.3) is 5.91 Å². The monoisotopic (exact) mass is 355 g/mol. The number of nitrogens with one attached hydrogen (secondary N) is 1. The lowest BCUT2D eigenvalue weighted by Crippen LogP contribution is -2.12. The van der Waals surface area contributed by atoms with Crippen LogP contribution in [0.2, 0.25) is 0 Å². The van der Waals surface area contributed by atoms with E-state index in [1.165, 1.54) is 5.56 Å². The molecule has 3 aromatic carbocycles. The molecule has 3 rings (SSSR count). The third kappa shape index (κ3) is 5.47. The van der Waals surface area contributed by atoms with E-state index in [9.17, 15) is 4.79 Å². The van der Waals surface area contributed by atoms with E-state index in [1.54, 1.807) is 24.6 Å². The van der Waals surface area contributed by atoms with Gasteiger partial charge in [0, 0.05) is 11.3 Å². The molecule has 0 spiro atoms. The zero-order valence-electron chi connectivity index (χ0n) is 15.4. The van der Waals surface area contributed by atoms with Crippen molar-refractivity contribution in [3.05, 3.63) is 101 Å². The Labute approximate surface area is 159 Å². The van der Waals surface area contributed by atoms with E-state index >= 15 is 0 Å². The number of nitrogens with zero attached hydrogens (tertiary/aromatic N) is 2. The van der Waals surface area contributed by atoms with Crippen molar-refractivity contribution < 1.29 is 4.79 Å². The molecule has 134 valence electrons. The van der Waals surface area contributed by atoms with Crippen molar-refractivity contribution in [2.75, 3.05) is 5.32 Å². The largest absolute Gasteiger partial charge is 0.322 e. The number of carbonyl (C=O) groups is 1. The molecule has 4 heteroatoms. The van der Waals surface area contributed by atoms with Gasteiger partial charge in [-0.1, -0.05) is 59.7 Å². The summed E-state index contributed by atoms with van der Waals surface area (Å²) in [4.78, 5) is 12.4. The maximum atomic E-state index is 12.4. The standard InChI is InChI=1S/C23H21N3O/c1-17-9-11-22(12-10-17)26-23(27)21-8-4-7-20(14-21)16-25-24-15-19-6-3-5-18(2)13-19/h3-16H,1-2H3,(H,26,27). The molecule has 0 heterocycles. The van der Waals surface area contributed by atoms with Crippen molar-refractivity contribution >= 4 is 24.0 Å². The smallest absolute Gasteiger partial charge is 0.255 e. The highest BCUT2D eigenvalue weighted by Gasteiger charge is 2.06. The minimum absolute atomic E-state index is 0.155. The molecule has 4 nitrogen and oxygen atoms in total. The van der Waals surface area contributed by atoms with E-state index in [0.29, 0.717) is 5.56 Å². The van der Waals surface area contributed by atoms with Gasteiger partial charge in [-0.15, -0.1) is 0 Å². The number of benzene rings is 3. The zero-order valence-corrected chi connectivity index (χ0v) is 15.4. The fourth-order valence-corrected chi connectivity index (χ4v) is 2.55. The van der Waals surface area contributed by atoms with Crippen LogP contribution in [0.4, 0.5) is 5.69 Å². The highest BCUT2D eigenvalue weighted by Crippen LogP contribution is 2.11. The summed E-state index contributed by atoms with van der Waals surface area (Å²) >= 11 is 0. The van der Waals surface area contributed by atoms with Gasteiger partial charge in [0.05, 0.1) is 12.4 Å². The maximum Gasteiger partial charge on any atom is 0.255 e. The van der Waals surface area contributed by atoms with Gasteiger partial charge in [0.2, 0.25) is 0 Å². The van der Waals surface area contributed by atoms with Crippen LogP contribution >= 0.6 is 0 Å². The lowest BCUT2D eigenvalue weighted by molar-refractivity contribution is 0.102. The number of anilines is 1. The fourth-order valence-electron chi connectivity index (χ4n) is 2.55. The number of hydrogen-bond donors (Lipinski definition) is 1. The highest BCUT2D eigenvalue weighted by atomic mass is 16.1. The summed E-state index contributed by atoms with van der Waals surface area (Å²) < 4.78 is 0. The molecule has 0 bridgehead atoms. The lowest BCUT2D eigenvalue weighted by atomic mass is 10.1. The minimum atomic E-state index is -0.155. The Bertz CT molecular complexity index is 989. The Morgan fingerprint density at radius 2 is 1.41 bits per heavy atom. The molecular weight excluding hydrogens is 334 g/mol. The van der Waals surface area contributed by atoms with Gasteiger partial charge in [-0.05, 0) is 49.2 Å². The second-order valence-corrected chi connectivity index (χ2v) is 6.35. The molecule has 27 heavy (non-hydrogen) atoms. The Hall–Kier alpha value is -3.53. The third-order valence-corrected chi connectivity index (χ3v) is 3.98. The summed E-state index contributed by atoms with van der Waals surface area (Å²) in [5, 5.41) is 11.0. The van der Waals surface area contributed by atoms with Crippen molar-refractivity contribution in [1.29, 1.82) is 0 Å². The number of aryl methyl sites for hydroxylation is 2. The average Bonchev–Trinajstić information content (AvgIpc) is 2.67. The van der Waals surface area contributed by atoms with Crippen LogP contribution in [-0.2, 0) is 0 Å². The number of rotatable bonds is 5. The molecule has 0 aliphatic heterocycles. The third-order valence-electron chi connectivity index (χ3n) is 3.98. The number of carbonyl (C=O) groups excluding carboxylic acids is 1. The van der Waals surface area contributed by atoms with Crippen LogP contribution in [0.15, 0.2) is 83.0 Å². The summed E-state index contributed by atoms with van der Waals surface area (Å²) in [6, 6.07) is 23.0. The van der Waals surface area contributed by atoms with E-state index in [1.807, 2.05) is 74.5 Å². The molecule has 0 saturated carbocycles. The molecule has 0 radical (unpaired) electrons. The van der Waals surface area contributed by atoms with Gasteiger partial charge in [0.1, 0.15) is 0 Å². The van der Waals surface area contributed by atoms with Crippen LogP contribution in [0.1, 0.15) is 32.6 Å². The van der Waals surface area contributed by atoms with Crippen LogP contribution in [0.25, 0.3) is 0 Å². The fraction of sp³-hybridized carbons (Fsp3) is 0.0870. The summed E-state index contributed by atoms with van der Waals surface area (Å²) in [6.07, 6.45) is 3.34. The Morgan fingerprint density at radius 1 is 0.778 bits per heavy atom. The first-order valence-electron chi connectivity index (χ1n) is 8.71. The van der Waals surface area contributed by atoms with E-state index < -0.39 is 0 Å². The number of hydrogen-bond acceptors (Lipinski definition) is 3. The van der Waals surface area contributed by atoms with Crippen molar-refractivity contribution in [3.63, 3.8) is 0 Å². The van der Waals surface area contributed by atoms with Gasteiger partial charge in [-0.3, -0.25) is 4.79 Å². The van der Waals surface area contributed by atoms with E-state index in [0.717, 1.165) is 22.4 Å². The van der Waals surface area contributed by atoms with Gasteiger partial charge in [0.15, 0.2) is 0 Å². The van der Waals surface area contributed by atoms with E-state index in [2.05, 4.69) is 15.5 Å². The first-order valence-corrected chi connectivity index (χ1v) is 8.71. The molecule has 1 N–H and O–H groups in total. The first-order chi connectivity index (χ1) is 13.1. The van der Waals surface area contributed by atoms with Crippen molar-refractivity contribution in [1.82, 2.24) is 0 Å². The Balaban J connectivity index is 1.65. The average molecular weight is 355 g/mol. The maximum absolute atomic E-state index is 12.4. The zero-order chi connectivity index (χ0) is 19.1. The molecule has 3 aromatic rings. The molecule has 0 aliphatic rings. The van der Waals surface area contributed by atoms with Crippen LogP contribution in [0.3, 0.4) is 0 Å². The van der Waals surface area contributed by atoms with Crippen molar-refractivity contribution in [3.8, 4) is 0 Å². The van der Waals surface area contributed by atoms with Crippen LogP contribution in [0, 0.1) is 13.8 Å². The molecule has 0 atom stereocenters. The van der Waals surface area contributed by atoms with E-state index in [4.69, 9.17) is 0 Å². The molecule has 1 amide bonds. The lowest BCUT2D eigenvalue weighted by Gasteiger charge is -2.06. The molecule has 0 aromatic heterocycles. The molecule has 0 aliphatic carbocycles. The predicted octanol–water partition coefficient (Wildman–Crippen LogP) is 5.01. The minimum Gasteiger partial charge on any atom is -0.322 e.